The van der Waals surface area contributed by atoms with Crippen molar-refractivity contribution in [1.29, 1.82) is 0 Å². The summed E-state index contributed by atoms with van der Waals surface area (Å²) in [6.45, 7) is 11.0. The third-order valence-corrected chi connectivity index (χ3v) is 5.68. The second-order valence-electron chi connectivity index (χ2n) is 7.71. The number of hydrogen-bond donors (Lipinski definition) is 0. The Morgan fingerprint density at radius 1 is 0.920 bits per heavy atom. The second-order valence-corrected chi connectivity index (χ2v) is 8.69. The smallest absolute Gasteiger partial charge is 0.300 e. The number of aromatic nitrogens is 2. The van der Waals surface area contributed by atoms with Crippen LogP contribution in [0.4, 0.5) is 0 Å². The molecule has 1 aromatic heterocycles. The molecule has 0 radical (unpaired) electrons. The minimum Gasteiger partial charge on any atom is -0.300 e. The van der Waals surface area contributed by atoms with E-state index in [0.29, 0.717) is 5.75 Å². The fourth-order valence-corrected chi connectivity index (χ4v) is 4.08. The fourth-order valence-electron chi connectivity index (χ4n) is 2.83. The van der Waals surface area contributed by atoms with Gasteiger partial charge in [0, 0.05) is 37.4 Å². The molecule has 0 atom stereocenters. The Balaban J connectivity index is 2.19. The molecule has 0 saturated carbocycles. The normalized spacial score (nSPS) is 11.8. The summed E-state index contributed by atoms with van der Waals surface area (Å²) in [6.07, 6.45) is 0. The van der Waals surface area contributed by atoms with E-state index < -0.39 is 0 Å². The highest BCUT2D eigenvalue weighted by Gasteiger charge is 2.16. The number of nitrogens with zero attached hydrogens (tertiary/aromatic N) is 2. The van der Waals surface area contributed by atoms with Crippen LogP contribution in [0.3, 0.4) is 0 Å². The summed E-state index contributed by atoms with van der Waals surface area (Å²) in [6, 6.07) is 6.10. The maximum atomic E-state index is 12.0. The van der Waals surface area contributed by atoms with E-state index in [2.05, 4.69) is 46.8 Å². The van der Waals surface area contributed by atoms with Crippen LogP contribution in [0.5, 0.6) is 0 Å². The van der Waals surface area contributed by atoms with Gasteiger partial charge in [-0.1, -0.05) is 32.9 Å². The molecule has 1 heterocycles. The van der Waals surface area contributed by atoms with E-state index in [1.54, 1.807) is 29.4 Å². The first-order valence-electron chi connectivity index (χ1n) is 8.46. The monoisotopic (exact) mass is 360 g/mol. The maximum Gasteiger partial charge on any atom is 0.330 e. The third-order valence-electron chi connectivity index (χ3n) is 4.68. The van der Waals surface area contributed by atoms with E-state index >= 15 is 0 Å². The minimum atomic E-state index is -0.273. The van der Waals surface area contributed by atoms with Crippen molar-refractivity contribution in [2.75, 3.05) is 0 Å². The Morgan fingerprint density at radius 3 is 2.00 bits per heavy atom. The van der Waals surface area contributed by atoms with Crippen molar-refractivity contribution in [3.8, 4) is 0 Å². The Labute approximate surface area is 153 Å². The van der Waals surface area contributed by atoms with Gasteiger partial charge in [0.1, 0.15) is 0 Å². The molecule has 136 valence electrons. The van der Waals surface area contributed by atoms with Gasteiger partial charge >= 0.3 is 5.69 Å². The van der Waals surface area contributed by atoms with Gasteiger partial charge in [-0.3, -0.25) is 13.9 Å². The van der Waals surface area contributed by atoms with E-state index in [0.717, 1.165) is 16.0 Å². The van der Waals surface area contributed by atoms with Gasteiger partial charge in [0.15, 0.2) is 0 Å². The number of thioether (sulfide) groups is 1. The van der Waals surface area contributed by atoms with Gasteiger partial charge in [0.2, 0.25) is 0 Å². The lowest BCUT2D eigenvalue weighted by atomic mass is 9.84. The summed E-state index contributed by atoms with van der Waals surface area (Å²) in [7, 11) is 3.22. The molecule has 2 rings (SSSR count). The number of hydrogen-bond acceptors (Lipinski definition) is 3. The summed E-state index contributed by atoms with van der Waals surface area (Å²) in [5, 5.41) is 0. The van der Waals surface area contributed by atoms with Crippen LogP contribution in [0.15, 0.2) is 27.8 Å². The van der Waals surface area contributed by atoms with Crippen molar-refractivity contribution in [3.05, 3.63) is 67.0 Å². The van der Waals surface area contributed by atoms with Crippen LogP contribution in [-0.4, -0.2) is 9.13 Å². The topological polar surface area (TPSA) is 44.0 Å². The van der Waals surface area contributed by atoms with Crippen molar-refractivity contribution in [1.82, 2.24) is 9.13 Å². The highest BCUT2D eigenvalue weighted by atomic mass is 32.2. The van der Waals surface area contributed by atoms with Crippen LogP contribution in [0, 0.1) is 13.8 Å². The minimum absolute atomic E-state index is 0.142. The predicted octanol–water partition coefficient (Wildman–Crippen LogP) is 3.43. The molecule has 1 aromatic carbocycles. The molecule has 4 nitrogen and oxygen atoms in total. The first kappa shape index (κ1) is 19.6. The van der Waals surface area contributed by atoms with Gasteiger partial charge in [0.25, 0.3) is 5.56 Å². The van der Waals surface area contributed by atoms with Crippen LogP contribution in [0.2, 0.25) is 0 Å². The molecular weight excluding hydrogens is 332 g/mol. The standard InChI is InChI=1S/C20H28N2O2S/c1-13-8-15(20(3,4)5)9-14(2)17(13)12-25-11-16-10-18(23)22(7)19(24)21(16)6/h8-10H,11-12H2,1-7H3. The molecule has 0 spiro atoms. The highest BCUT2D eigenvalue weighted by molar-refractivity contribution is 7.97. The SMILES string of the molecule is Cc1cc(C(C)(C)C)cc(C)c1CSCc1cc(=O)n(C)c(=O)n1C. The van der Waals surface area contributed by atoms with Crippen LogP contribution in [0.1, 0.15) is 48.7 Å². The van der Waals surface area contributed by atoms with Crippen molar-refractivity contribution < 1.29 is 0 Å². The average Bonchev–Trinajstić information content (AvgIpc) is 2.51. The molecule has 0 aliphatic carbocycles. The zero-order valence-corrected chi connectivity index (χ0v) is 17.1. The van der Waals surface area contributed by atoms with Crippen LogP contribution in [-0.2, 0) is 31.0 Å². The quantitative estimate of drug-likeness (QED) is 0.839. The summed E-state index contributed by atoms with van der Waals surface area (Å²) in [5.41, 5.74) is 5.68. The van der Waals surface area contributed by atoms with E-state index in [1.807, 2.05) is 0 Å². The van der Waals surface area contributed by atoms with Gasteiger partial charge in [-0.15, -0.1) is 0 Å². The van der Waals surface area contributed by atoms with Crippen LogP contribution >= 0.6 is 11.8 Å². The van der Waals surface area contributed by atoms with E-state index in [-0.39, 0.29) is 16.7 Å². The molecule has 0 bridgehead atoms. The van der Waals surface area contributed by atoms with E-state index in [9.17, 15) is 9.59 Å². The summed E-state index contributed by atoms with van der Waals surface area (Å²) >= 11 is 1.73. The largest absolute Gasteiger partial charge is 0.330 e. The molecule has 25 heavy (non-hydrogen) atoms. The zero-order valence-electron chi connectivity index (χ0n) is 16.3. The number of benzene rings is 1. The van der Waals surface area contributed by atoms with Crippen molar-refractivity contribution >= 4 is 11.8 Å². The fraction of sp³-hybridized carbons (Fsp3) is 0.500. The van der Waals surface area contributed by atoms with Gasteiger partial charge in [-0.25, -0.2) is 4.79 Å². The molecule has 0 unspecified atom stereocenters. The number of rotatable bonds is 4. The first-order valence-corrected chi connectivity index (χ1v) is 9.62. The lowest BCUT2D eigenvalue weighted by Crippen LogP contribution is -2.37. The summed E-state index contributed by atoms with van der Waals surface area (Å²) < 4.78 is 2.69. The first-order chi connectivity index (χ1) is 11.5. The molecule has 5 heteroatoms. The van der Waals surface area contributed by atoms with Crippen LogP contribution < -0.4 is 11.2 Å². The van der Waals surface area contributed by atoms with Crippen molar-refractivity contribution in [2.45, 2.75) is 51.5 Å². The Hall–Kier alpha value is -1.75. The second kappa shape index (κ2) is 7.24. The Morgan fingerprint density at radius 2 is 1.48 bits per heavy atom. The van der Waals surface area contributed by atoms with Gasteiger partial charge in [-0.05, 0) is 41.5 Å². The summed E-state index contributed by atoms with van der Waals surface area (Å²) in [5.74, 6) is 1.51. The Kier molecular flexibility index (Phi) is 5.67. The summed E-state index contributed by atoms with van der Waals surface area (Å²) in [4.78, 5) is 23.8. The molecular formula is C20H28N2O2S. The molecule has 0 saturated heterocycles. The molecule has 0 fully saturated rings. The Bertz CT molecular complexity index is 878. The molecule has 2 aromatic rings. The van der Waals surface area contributed by atoms with E-state index in [1.165, 1.54) is 29.3 Å². The van der Waals surface area contributed by atoms with Crippen LogP contribution in [0.25, 0.3) is 0 Å². The van der Waals surface area contributed by atoms with Crippen molar-refractivity contribution in [2.24, 2.45) is 14.1 Å². The predicted molar refractivity (Wildman–Crippen MR) is 107 cm³/mol. The van der Waals surface area contributed by atoms with E-state index in [4.69, 9.17) is 0 Å². The molecule has 0 aliphatic heterocycles. The third kappa shape index (κ3) is 4.27. The molecule has 0 amide bonds. The molecule has 0 aliphatic rings. The van der Waals surface area contributed by atoms with Crippen molar-refractivity contribution in [3.63, 3.8) is 0 Å². The zero-order chi connectivity index (χ0) is 18.9. The highest BCUT2D eigenvalue weighted by Crippen LogP contribution is 2.29. The van der Waals surface area contributed by atoms with Gasteiger partial charge in [-0.2, -0.15) is 11.8 Å². The number of aryl methyl sites for hydroxylation is 2. The van der Waals surface area contributed by atoms with Gasteiger partial charge in [0.05, 0.1) is 0 Å². The van der Waals surface area contributed by atoms with Gasteiger partial charge < -0.3 is 0 Å². The molecule has 0 N–H and O–H groups in total. The average molecular weight is 361 g/mol. The maximum absolute atomic E-state index is 12.0. The lowest BCUT2D eigenvalue weighted by Gasteiger charge is -2.22. The lowest BCUT2D eigenvalue weighted by molar-refractivity contribution is 0.589.